The van der Waals surface area contributed by atoms with Crippen LogP contribution in [0.1, 0.15) is 22.5 Å². The number of pyridine rings is 1. The highest BCUT2D eigenvalue weighted by Crippen LogP contribution is 2.43. The summed E-state index contributed by atoms with van der Waals surface area (Å²) in [5.41, 5.74) is 1.22. The molecule has 0 unspecified atom stereocenters. The third kappa shape index (κ3) is 5.06. The number of piperidine rings is 1. The van der Waals surface area contributed by atoms with Crippen LogP contribution in [0.2, 0.25) is 0 Å². The van der Waals surface area contributed by atoms with Crippen molar-refractivity contribution in [2.75, 3.05) is 46.6 Å². The van der Waals surface area contributed by atoms with Crippen molar-refractivity contribution in [1.82, 2.24) is 9.88 Å². The average Bonchev–Trinajstić information content (AvgIpc) is 3.26. The lowest BCUT2D eigenvalue weighted by atomic mass is 9.70. The number of alkyl halides is 3. The summed E-state index contributed by atoms with van der Waals surface area (Å²) in [4.78, 5) is 19.6. The van der Waals surface area contributed by atoms with E-state index in [1.807, 2.05) is 18.2 Å². The predicted octanol–water partition coefficient (Wildman–Crippen LogP) is 3.44. The zero-order chi connectivity index (χ0) is 23.5. The van der Waals surface area contributed by atoms with Crippen LogP contribution in [0.25, 0.3) is 0 Å². The SMILES string of the molecule is COc1cc(C(=O)N2CC[C@]3(c4ccccn4)COC[C@@H]3C2)ccc1OCCOC(F)(F)F. The Bertz CT molecular complexity index is 972. The largest absolute Gasteiger partial charge is 0.522 e. The van der Waals surface area contributed by atoms with Gasteiger partial charge in [-0.15, -0.1) is 13.2 Å². The minimum absolute atomic E-state index is 0.142. The summed E-state index contributed by atoms with van der Waals surface area (Å²) in [7, 11) is 1.40. The fraction of sp³-hybridized carbons (Fsp3) is 0.478. The van der Waals surface area contributed by atoms with Gasteiger partial charge >= 0.3 is 6.36 Å². The number of rotatable bonds is 7. The first-order valence-electron chi connectivity index (χ1n) is 10.6. The molecule has 33 heavy (non-hydrogen) atoms. The predicted molar refractivity (Wildman–Crippen MR) is 111 cm³/mol. The quantitative estimate of drug-likeness (QED) is 0.583. The smallest absolute Gasteiger partial charge is 0.493 e. The van der Waals surface area contributed by atoms with Gasteiger partial charge in [-0.2, -0.15) is 0 Å². The normalized spacial score (nSPS) is 22.7. The molecule has 0 aliphatic carbocycles. The van der Waals surface area contributed by atoms with Crippen LogP contribution in [0, 0.1) is 5.92 Å². The van der Waals surface area contributed by atoms with Crippen molar-refractivity contribution < 1.29 is 36.9 Å². The topological polar surface area (TPSA) is 70.1 Å². The van der Waals surface area contributed by atoms with Crippen LogP contribution in [-0.4, -0.2) is 68.8 Å². The second-order valence-electron chi connectivity index (χ2n) is 8.09. The number of fused-ring (bicyclic) bond motifs is 1. The Labute approximate surface area is 189 Å². The summed E-state index contributed by atoms with van der Waals surface area (Å²) < 4.78 is 56.4. The Morgan fingerprint density at radius 3 is 2.82 bits per heavy atom. The van der Waals surface area contributed by atoms with Gasteiger partial charge in [-0.3, -0.25) is 14.5 Å². The molecule has 2 saturated heterocycles. The number of methoxy groups -OCH3 is 1. The van der Waals surface area contributed by atoms with Gasteiger partial charge in [0.25, 0.3) is 5.91 Å². The van der Waals surface area contributed by atoms with Crippen LogP contribution >= 0.6 is 0 Å². The minimum atomic E-state index is -4.71. The van der Waals surface area contributed by atoms with Crippen molar-refractivity contribution >= 4 is 5.91 Å². The van der Waals surface area contributed by atoms with Gasteiger partial charge in [-0.05, 0) is 36.8 Å². The van der Waals surface area contributed by atoms with Gasteiger partial charge < -0.3 is 19.1 Å². The van der Waals surface area contributed by atoms with Crippen LogP contribution in [-0.2, 0) is 14.9 Å². The summed E-state index contributed by atoms with van der Waals surface area (Å²) in [6.07, 6.45) is -2.18. The molecule has 0 bridgehead atoms. The molecule has 1 aromatic heterocycles. The Kier molecular flexibility index (Phi) is 6.76. The van der Waals surface area contributed by atoms with Crippen molar-refractivity contribution in [2.45, 2.75) is 18.2 Å². The highest BCUT2D eigenvalue weighted by Gasteiger charge is 2.50. The van der Waals surface area contributed by atoms with E-state index in [9.17, 15) is 18.0 Å². The van der Waals surface area contributed by atoms with Gasteiger partial charge in [0.1, 0.15) is 6.61 Å². The second-order valence-corrected chi connectivity index (χ2v) is 8.09. The third-order valence-electron chi connectivity index (χ3n) is 6.21. The van der Waals surface area contributed by atoms with Crippen molar-refractivity contribution in [3.63, 3.8) is 0 Å². The third-order valence-corrected chi connectivity index (χ3v) is 6.21. The molecule has 2 aliphatic rings. The lowest BCUT2D eigenvalue weighted by Gasteiger charge is -2.42. The van der Waals surface area contributed by atoms with Crippen LogP contribution in [0.15, 0.2) is 42.6 Å². The van der Waals surface area contributed by atoms with E-state index >= 15 is 0 Å². The first-order chi connectivity index (χ1) is 15.8. The van der Waals surface area contributed by atoms with Crippen molar-refractivity contribution in [1.29, 1.82) is 0 Å². The molecule has 0 spiro atoms. The fourth-order valence-corrected chi connectivity index (χ4v) is 4.52. The summed E-state index contributed by atoms with van der Waals surface area (Å²) in [6.45, 7) is 1.30. The Balaban J connectivity index is 1.42. The first-order valence-corrected chi connectivity index (χ1v) is 10.6. The van der Waals surface area contributed by atoms with Crippen molar-refractivity contribution in [2.24, 2.45) is 5.92 Å². The molecule has 2 fully saturated rings. The number of benzene rings is 1. The molecule has 0 radical (unpaired) electrons. The molecule has 7 nitrogen and oxygen atoms in total. The standard InChI is InChI=1S/C23H25F3N2O5/c1-30-19-12-16(5-6-18(19)32-10-11-33-23(24,25)26)21(29)28-9-7-22(15-31-14-17(22)13-28)20-4-2-3-8-27-20/h2-6,8,12,17H,7,9-11,13-15H2,1H3/t17-,22-/m0/s1. The summed E-state index contributed by atoms with van der Waals surface area (Å²) in [5, 5.41) is 0. The van der Waals surface area contributed by atoms with Crippen LogP contribution in [0.5, 0.6) is 11.5 Å². The first kappa shape index (κ1) is 23.3. The number of aromatic nitrogens is 1. The van der Waals surface area contributed by atoms with E-state index in [0.717, 1.165) is 12.1 Å². The molecule has 4 rings (SSSR count). The Morgan fingerprint density at radius 1 is 1.24 bits per heavy atom. The molecule has 10 heteroatoms. The zero-order valence-corrected chi connectivity index (χ0v) is 18.1. The number of halogens is 3. The lowest BCUT2D eigenvalue weighted by Crippen LogP contribution is -2.51. The van der Waals surface area contributed by atoms with E-state index in [0.29, 0.717) is 31.9 Å². The molecule has 178 valence electrons. The molecule has 2 atom stereocenters. The molecule has 0 N–H and O–H groups in total. The fourth-order valence-electron chi connectivity index (χ4n) is 4.52. The molecular formula is C23H25F3N2O5. The molecule has 2 aliphatic heterocycles. The number of hydrogen-bond acceptors (Lipinski definition) is 6. The number of amides is 1. The average molecular weight is 466 g/mol. The maximum Gasteiger partial charge on any atom is 0.522 e. The number of nitrogens with zero attached hydrogens (tertiary/aromatic N) is 2. The summed E-state index contributed by atoms with van der Waals surface area (Å²) in [5.74, 6) is 0.485. The summed E-state index contributed by atoms with van der Waals surface area (Å²) in [6, 6.07) is 10.5. The zero-order valence-electron chi connectivity index (χ0n) is 18.1. The monoisotopic (exact) mass is 466 g/mol. The number of ether oxygens (including phenoxy) is 4. The molecule has 0 saturated carbocycles. The van der Waals surface area contributed by atoms with Gasteiger partial charge in [-0.25, -0.2) is 0 Å². The van der Waals surface area contributed by atoms with E-state index in [1.54, 1.807) is 17.2 Å². The van der Waals surface area contributed by atoms with Gasteiger partial charge in [-0.1, -0.05) is 6.07 Å². The molecule has 1 amide bonds. The van der Waals surface area contributed by atoms with Crippen molar-refractivity contribution in [3.05, 3.63) is 53.9 Å². The Morgan fingerprint density at radius 2 is 2.09 bits per heavy atom. The Hall–Kier alpha value is -2.85. The number of likely N-dealkylation sites (tertiary alicyclic amines) is 1. The van der Waals surface area contributed by atoms with E-state index in [-0.39, 0.29) is 35.3 Å². The van der Waals surface area contributed by atoms with E-state index in [1.165, 1.54) is 19.2 Å². The maximum absolute atomic E-state index is 13.2. The molecule has 3 heterocycles. The van der Waals surface area contributed by atoms with Crippen LogP contribution in [0.4, 0.5) is 13.2 Å². The summed E-state index contributed by atoms with van der Waals surface area (Å²) >= 11 is 0. The molecular weight excluding hydrogens is 441 g/mol. The van der Waals surface area contributed by atoms with Gasteiger partial charge in [0.05, 0.1) is 26.9 Å². The number of carbonyl (C=O) groups is 1. The van der Waals surface area contributed by atoms with E-state index in [4.69, 9.17) is 14.2 Å². The van der Waals surface area contributed by atoms with Gasteiger partial charge in [0, 0.05) is 41.9 Å². The highest BCUT2D eigenvalue weighted by molar-refractivity contribution is 5.95. The van der Waals surface area contributed by atoms with E-state index in [2.05, 4.69) is 9.72 Å². The lowest BCUT2D eigenvalue weighted by molar-refractivity contribution is -0.325. The van der Waals surface area contributed by atoms with Crippen LogP contribution < -0.4 is 9.47 Å². The minimum Gasteiger partial charge on any atom is -0.493 e. The second kappa shape index (κ2) is 9.56. The van der Waals surface area contributed by atoms with Gasteiger partial charge in [0.15, 0.2) is 11.5 Å². The number of hydrogen-bond donors (Lipinski definition) is 0. The van der Waals surface area contributed by atoms with Crippen molar-refractivity contribution in [3.8, 4) is 11.5 Å². The highest BCUT2D eigenvalue weighted by atomic mass is 19.4. The number of carbonyl (C=O) groups excluding carboxylic acids is 1. The van der Waals surface area contributed by atoms with Gasteiger partial charge in [0.2, 0.25) is 0 Å². The van der Waals surface area contributed by atoms with E-state index < -0.39 is 13.0 Å². The maximum atomic E-state index is 13.2. The van der Waals surface area contributed by atoms with Crippen LogP contribution in [0.3, 0.4) is 0 Å². The molecule has 2 aromatic rings. The molecule has 1 aromatic carbocycles.